The van der Waals surface area contributed by atoms with E-state index >= 15 is 0 Å². The van der Waals surface area contributed by atoms with E-state index in [1.165, 1.54) is 12.8 Å². The van der Waals surface area contributed by atoms with E-state index in [0.29, 0.717) is 0 Å². The summed E-state index contributed by atoms with van der Waals surface area (Å²) >= 11 is 0. The molecule has 0 N–H and O–H groups in total. The minimum absolute atomic E-state index is 0.861. The maximum atomic E-state index is 7.19. The molecule has 1 saturated heterocycles. The smallest absolute Gasteiger partial charge is 0.161 e. The molecule has 1 atom stereocenters. The van der Waals surface area contributed by atoms with E-state index in [0.717, 1.165) is 12.7 Å². The molecule has 0 amide bonds. The molecule has 0 aromatic rings. The van der Waals surface area contributed by atoms with Crippen molar-refractivity contribution < 1.29 is 4.43 Å². The Morgan fingerprint density at radius 2 is 2.67 bits per heavy atom. The minimum Gasteiger partial charge on any atom is -0.424 e. The Hall–Kier alpha value is 0.177. The highest BCUT2D eigenvalue weighted by Gasteiger charge is 1.96. The van der Waals surface area contributed by atoms with E-state index in [2.05, 4.69) is 0 Å². The van der Waals surface area contributed by atoms with Crippen LogP contribution in [0.4, 0.5) is 0 Å². The summed E-state index contributed by atoms with van der Waals surface area (Å²) in [4.78, 5) is 0. The molecule has 0 aromatic carbocycles. The van der Waals surface area contributed by atoms with E-state index in [4.69, 9.17) is 5.66 Å². The second-order valence-corrected chi connectivity index (χ2v) is 2.78. The van der Waals surface area contributed by atoms with Gasteiger partial charge < -0.3 is 4.43 Å². The summed E-state index contributed by atoms with van der Waals surface area (Å²) < 4.78 is 12.3. The van der Waals surface area contributed by atoms with Crippen molar-refractivity contribution >= 4 is 9.70 Å². The van der Waals surface area contributed by atoms with Crippen LogP contribution < -0.4 is 0 Å². The quantitative estimate of drug-likeness (QED) is 0.401. The van der Waals surface area contributed by atoms with Crippen LogP contribution in [0.15, 0.2) is 0 Å². The van der Waals surface area contributed by atoms with E-state index in [1.807, 2.05) is 0 Å². The summed E-state index contributed by atoms with van der Waals surface area (Å²) in [6.07, 6.45) is 2.42. The van der Waals surface area contributed by atoms with Gasteiger partial charge in [0.15, 0.2) is 9.70 Å². The van der Waals surface area contributed by atoms with Crippen LogP contribution in [-0.4, -0.2) is 17.5 Å². The minimum atomic E-state index is -1.34. The van der Waals surface area contributed by atoms with Crippen molar-refractivity contribution in [2.45, 2.75) is 18.9 Å². The zero-order chi connectivity index (χ0) is 5.11. The highest BCUT2D eigenvalue weighted by molar-refractivity contribution is 6.27. The summed E-state index contributed by atoms with van der Waals surface area (Å²) in [5, 5.41) is 0. The molecule has 1 aliphatic rings. The standard InChI is InChI=1S/C4H10OSi/c1-2-4-6-5-3-1/h1-4,6H2/i6D. The first-order chi connectivity index (χ1) is 3.39. The molecule has 1 aliphatic heterocycles. The molecule has 2 heteroatoms. The van der Waals surface area contributed by atoms with Crippen LogP contribution in [0.5, 0.6) is 0 Å². The third-order valence-corrected chi connectivity index (χ3v) is 2.07. The Morgan fingerprint density at radius 3 is 3.00 bits per heavy atom. The van der Waals surface area contributed by atoms with Crippen molar-refractivity contribution in [3.8, 4) is 0 Å². The summed E-state index contributed by atoms with van der Waals surface area (Å²) in [5.74, 6) is 0. The van der Waals surface area contributed by atoms with Gasteiger partial charge in [-0.2, -0.15) is 0 Å². The highest BCUT2D eigenvalue weighted by atomic mass is 28.2. The number of hydrogen-bond donors (Lipinski definition) is 0. The largest absolute Gasteiger partial charge is 0.424 e. The fourth-order valence-corrected chi connectivity index (χ4v) is 1.54. The predicted molar refractivity (Wildman–Crippen MR) is 28.5 cm³/mol. The molecule has 0 spiro atoms. The molecule has 1 nitrogen and oxygen atoms in total. The number of rotatable bonds is 0. The van der Waals surface area contributed by atoms with Crippen LogP contribution in [0.1, 0.15) is 12.8 Å². The fraction of sp³-hybridized carbons (Fsp3) is 1.00. The third kappa shape index (κ3) is 1.10. The molecule has 0 radical (unpaired) electrons. The molecule has 0 bridgehead atoms. The molecule has 0 aromatic heterocycles. The third-order valence-electron chi connectivity index (χ3n) is 0.952. The van der Waals surface area contributed by atoms with Crippen molar-refractivity contribution in [1.29, 1.82) is 1.23 Å². The Kier molecular flexibility index (Phi) is 1.27. The first kappa shape index (κ1) is 3.21. The van der Waals surface area contributed by atoms with Crippen LogP contribution >= 0.6 is 0 Å². The zero-order valence-electron chi connectivity index (χ0n) is 4.81. The predicted octanol–water partition coefficient (Wildman–Crippen LogP) is 0.299. The van der Waals surface area contributed by atoms with Crippen LogP contribution in [0.25, 0.3) is 0 Å². The monoisotopic (exact) mass is 103 g/mol. The van der Waals surface area contributed by atoms with Gasteiger partial charge >= 0.3 is 0 Å². The molecule has 1 unspecified atom stereocenters. The van der Waals surface area contributed by atoms with Crippen LogP contribution in [0.3, 0.4) is 0 Å². The lowest BCUT2D eigenvalue weighted by atomic mass is 10.4. The maximum absolute atomic E-state index is 7.19. The molecule has 6 heavy (non-hydrogen) atoms. The molecule has 1 heterocycles. The van der Waals surface area contributed by atoms with Gasteiger partial charge in [-0.05, 0) is 12.5 Å². The normalized spacial score (nSPS) is 38.7. The van der Waals surface area contributed by atoms with E-state index in [-0.39, 0.29) is 0 Å². The molecular formula is C4H10OSi. The second kappa shape index (κ2) is 2.37. The number of hydrogen-bond acceptors (Lipinski definition) is 1. The van der Waals surface area contributed by atoms with Gasteiger partial charge in [-0.1, -0.05) is 6.42 Å². The molecule has 0 saturated carbocycles. The first-order valence-corrected chi connectivity index (χ1v) is 3.72. The van der Waals surface area contributed by atoms with E-state index in [1.54, 1.807) is 0 Å². The fourth-order valence-electron chi connectivity index (χ4n) is 0.580. The molecular weight excluding hydrogens is 92.1 g/mol. The van der Waals surface area contributed by atoms with Crippen LogP contribution in [0, 0.1) is 0 Å². The van der Waals surface area contributed by atoms with Gasteiger partial charge in [-0.25, -0.2) is 0 Å². The lowest BCUT2D eigenvalue weighted by Gasteiger charge is -2.07. The Balaban J connectivity index is 2.12. The molecule has 1 fully saturated rings. The SMILES string of the molecule is [2H][SiH]1CCCCO1. The van der Waals surface area contributed by atoms with E-state index in [9.17, 15) is 0 Å². The van der Waals surface area contributed by atoms with Crippen molar-refractivity contribution in [1.82, 2.24) is 0 Å². The van der Waals surface area contributed by atoms with Gasteiger partial charge in [-0.15, -0.1) is 0 Å². The second-order valence-electron chi connectivity index (χ2n) is 1.53. The van der Waals surface area contributed by atoms with Crippen LogP contribution in [-0.2, 0) is 4.43 Å². The molecule has 1 rings (SSSR count). The molecule has 0 aliphatic carbocycles. The highest BCUT2D eigenvalue weighted by Crippen LogP contribution is 2.01. The van der Waals surface area contributed by atoms with E-state index < -0.39 is 9.70 Å². The summed E-state index contributed by atoms with van der Waals surface area (Å²) in [6.45, 7) is 0.861. The first-order valence-electron chi connectivity index (χ1n) is 3.01. The van der Waals surface area contributed by atoms with Crippen molar-refractivity contribution in [3.05, 3.63) is 0 Å². The van der Waals surface area contributed by atoms with Crippen LogP contribution in [0.2, 0.25) is 6.04 Å². The molecule has 36 valence electrons. The Bertz CT molecular complexity index is 53.7. The Morgan fingerprint density at radius 1 is 1.67 bits per heavy atom. The zero-order valence-corrected chi connectivity index (χ0v) is 4.97. The average molecular weight is 103 g/mol. The summed E-state index contributed by atoms with van der Waals surface area (Å²) in [6, 6.07) is 1.07. The van der Waals surface area contributed by atoms with Crippen molar-refractivity contribution in [2.24, 2.45) is 0 Å². The van der Waals surface area contributed by atoms with Gasteiger partial charge in [0.1, 0.15) is 0 Å². The lowest BCUT2D eigenvalue weighted by molar-refractivity contribution is 0.304. The average Bonchev–Trinajstić information content (AvgIpc) is 1.69. The van der Waals surface area contributed by atoms with Gasteiger partial charge in [-0.3, -0.25) is 0 Å². The van der Waals surface area contributed by atoms with Gasteiger partial charge in [0.05, 0.1) is 0 Å². The van der Waals surface area contributed by atoms with Crippen molar-refractivity contribution in [2.75, 3.05) is 6.61 Å². The summed E-state index contributed by atoms with van der Waals surface area (Å²) in [7, 11) is -1.34. The summed E-state index contributed by atoms with van der Waals surface area (Å²) in [5.41, 5.74) is 0. The maximum Gasteiger partial charge on any atom is 0.161 e. The lowest BCUT2D eigenvalue weighted by Crippen LogP contribution is -2.06. The topological polar surface area (TPSA) is 9.23 Å². The van der Waals surface area contributed by atoms with Gasteiger partial charge in [0, 0.05) is 7.84 Å². The van der Waals surface area contributed by atoms with Gasteiger partial charge in [0.25, 0.3) is 0 Å². The van der Waals surface area contributed by atoms with Crippen molar-refractivity contribution in [3.63, 3.8) is 0 Å². The Labute approximate surface area is 41.9 Å². The van der Waals surface area contributed by atoms with Gasteiger partial charge in [0.2, 0.25) is 0 Å².